The normalized spacial score (nSPS) is 9.50. The molecule has 0 rings (SSSR count). The molecule has 4 heteroatoms. The number of nitrogens with two attached hydrogens (primary N) is 1. The quantitative estimate of drug-likeness (QED) is 0.412. The molecule has 0 bridgehead atoms. The van der Waals surface area contributed by atoms with Crippen LogP contribution >= 0.6 is 0 Å². The van der Waals surface area contributed by atoms with Crippen LogP contribution in [0.1, 0.15) is 0 Å². The molecule has 0 aromatic rings. The summed E-state index contributed by atoms with van der Waals surface area (Å²) in [6.45, 7) is 0. The van der Waals surface area contributed by atoms with Crippen molar-refractivity contribution in [2.75, 3.05) is 0 Å². The van der Waals surface area contributed by atoms with Crippen molar-refractivity contribution in [1.82, 2.24) is 0 Å². The summed E-state index contributed by atoms with van der Waals surface area (Å²) in [5.41, 5.74) is 4.52. The van der Waals surface area contributed by atoms with Crippen molar-refractivity contribution in [2.45, 2.75) is 0 Å². The first kappa shape index (κ1) is 6.68. The highest BCUT2D eigenvalue weighted by Gasteiger charge is 1.78. The Labute approximate surface area is 45.6 Å². The number of carbonyl (C=O) groups is 2. The molecular formula is C4H4NO3-. The summed E-state index contributed by atoms with van der Waals surface area (Å²) in [6.07, 6.45) is 1.29. The van der Waals surface area contributed by atoms with Gasteiger partial charge in [0.1, 0.15) is 0 Å². The molecule has 1 amide bonds. The molecule has 0 aromatic carbocycles. The predicted molar refractivity (Wildman–Crippen MR) is 23.3 cm³/mol. The van der Waals surface area contributed by atoms with Crippen molar-refractivity contribution < 1.29 is 14.7 Å². The van der Waals surface area contributed by atoms with Crippen LogP contribution in [0.5, 0.6) is 0 Å². The molecule has 0 heterocycles. The zero-order valence-electron chi connectivity index (χ0n) is 3.96. The molecule has 0 unspecified atom stereocenters. The van der Waals surface area contributed by atoms with Crippen molar-refractivity contribution in [3.8, 4) is 0 Å². The molecule has 0 fully saturated rings. The predicted octanol–water partition coefficient (Wildman–Crippen LogP) is -2.22. The van der Waals surface area contributed by atoms with Gasteiger partial charge >= 0.3 is 0 Å². The molecule has 0 atom stereocenters. The lowest BCUT2D eigenvalue weighted by Gasteiger charge is -1.85. The second-order valence-corrected chi connectivity index (χ2v) is 1.05. The Balaban J connectivity index is 3.67. The van der Waals surface area contributed by atoms with E-state index in [-0.39, 0.29) is 0 Å². The molecule has 0 aliphatic heterocycles. The molecule has 0 aromatic heterocycles. The molecule has 0 aliphatic carbocycles. The number of hydrogen-bond acceptors (Lipinski definition) is 3. The number of aliphatic carboxylic acids is 1. The Morgan fingerprint density at radius 1 is 1.38 bits per heavy atom. The van der Waals surface area contributed by atoms with Crippen molar-refractivity contribution in [2.24, 2.45) is 5.73 Å². The Morgan fingerprint density at radius 3 is 2.00 bits per heavy atom. The number of rotatable bonds is 2. The summed E-state index contributed by atoms with van der Waals surface area (Å²) in [5, 5.41) is 9.50. The minimum atomic E-state index is -1.43. The second-order valence-electron chi connectivity index (χ2n) is 1.05. The van der Waals surface area contributed by atoms with E-state index in [9.17, 15) is 14.7 Å². The van der Waals surface area contributed by atoms with Gasteiger partial charge in [0.2, 0.25) is 5.91 Å². The van der Waals surface area contributed by atoms with E-state index in [1.54, 1.807) is 0 Å². The van der Waals surface area contributed by atoms with Gasteiger partial charge < -0.3 is 15.6 Å². The summed E-state index contributed by atoms with van der Waals surface area (Å²) < 4.78 is 0. The summed E-state index contributed by atoms with van der Waals surface area (Å²) in [7, 11) is 0. The highest BCUT2D eigenvalue weighted by Crippen LogP contribution is 1.64. The molecule has 44 valence electrons. The van der Waals surface area contributed by atoms with E-state index in [0.29, 0.717) is 6.08 Å². The molecule has 8 heavy (non-hydrogen) atoms. The standard InChI is InChI=1S/C4H5NO3/c5-3(6)1-2-4(7)8/h1-2H,(H2,5,6)(H,7,8)/p-1/b2-1+. The van der Waals surface area contributed by atoms with E-state index in [2.05, 4.69) is 5.73 Å². The van der Waals surface area contributed by atoms with E-state index in [0.717, 1.165) is 6.08 Å². The summed E-state index contributed by atoms with van der Waals surface area (Å²) in [5.74, 6) is -2.22. The largest absolute Gasteiger partial charge is 0.545 e. The molecule has 0 aliphatic rings. The molecule has 0 saturated heterocycles. The first-order valence-electron chi connectivity index (χ1n) is 1.81. The van der Waals surface area contributed by atoms with Crippen molar-refractivity contribution in [3.63, 3.8) is 0 Å². The maximum Gasteiger partial charge on any atom is 0.241 e. The number of carboxylic acid groups (broad SMARTS) is 1. The van der Waals surface area contributed by atoms with Crippen LogP contribution in [0.2, 0.25) is 0 Å². The van der Waals surface area contributed by atoms with Gasteiger partial charge in [0.15, 0.2) is 0 Å². The van der Waals surface area contributed by atoms with Gasteiger partial charge in [-0.3, -0.25) is 4.79 Å². The topological polar surface area (TPSA) is 83.2 Å². The van der Waals surface area contributed by atoms with Gasteiger partial charge in [-0.15, -0.1) is 0 Å². The van der Waals surface area contributed by atoms with Crippen LogP contribution in [0.3, 0.4) is 0 Å². The molecule has 0 radical (unpaired) electrons. The lowest BCUT2D eigenvalue weighted by Crippen LogP contribution is -2.20. The van der Waals surface area contributed by atoms with Crippen LogP contribution in [-0.2, 0) is 9.59 Å². The minimum absolute atomic E-state index is 0.572. The Morgan fingerprint density at radius 2 is 1.88 bits per heavy atom. The fourth-order valence-corrected chi connectivity index (χ4v) is 0.150. The first-order valence-corrected chi connectivity index (χ1v) is 1.81. The molecule has 2 N–H and O–H groups in total. The van der Waals surface area contributed by atoms with Gasteiger partial charge in [-0.05, 0) is 6.08 Å². The first-order chi connectivity index (χ1) is 3.63. The summed E-state index contributed by atoms with van der Waals surface area (Å²) in [4.78, 5) is 19.2. The second kappa shape index (κ2) is 2.79. The fraction of sp³-hybridized carbons (Fsp3) is 0. The van der Waals surface area contributed by atoms with Gasteiger partial charge in [-0.1, -0.05) is 0 Å². The van der Waals surface area contributed by atoms with Gasteiger partial charge in [-0.2, -0.15) is 0 Å². The maximum atomic E-state index is 9.75. The van der Waals surface area contributed by atoms with E-state index >= 15 is 0 Å². The Kier molecular flexibility index (Phi) is 2.33. The SMILES string of the molecule is NC(=O)/C=C/C(=O)[O-]. The Bertz CT molecular complexity index is 122. The monoisotopic (exact) mass is 114 g/mol. The summed E-state index contributed by atoms with van der Waals surface area (Å²) >= 11 is 0. The number of hydrogen-bond donors (Lipinski definition) is 1. The maximum absolute atomic E-state index is 9.75. The van der Waals surface area contributed by atoms with E-state index in [1.807, 2.05) is 0 Å². The number of carbonyl (C=O) groups excluding carboxylic acids is 2. The Hall–Kier alpha value is -1.32. The van der Waals surface area contributed by atoms with Crippen molar-refractivity contribution in [3.05, 3.63) is 12.2 Å². The lowest BCUT2D eigenvalue weighted by atomic mass is 10.5. The minimum Gasteiger partial charge on any atom is -0.545 e. The lowest BCUT2D eigenvalue weighted by molar-refractivity contribution is -0.297. The van der Waals surface area contributed by atoms with E-state index in [4.69, 9.17) is 0 Å². The zero-order chi connectivity index (χ0) is 6.57. The summed E-state index contributed by atoms with van der Waals surface area (Å²) in [6, 6.07) is 0. The third kappa shape index (κ3) is 4.68. The fourth-order valence-electron chi connectivity index (χ4n) is 0.150. The molecule has 4 nitrogen and oxygen atoms in total. The van der Waals surface area contributed by atoms with Crippen LogP contribution < -0.4 is 10.8 Å². The third-order valence-corrected chi connectivity index (χ3v) is 0.384. The van der Waals surface area contributed by atoms with Crippen LogP contribution in [0.25, 0.3) is 0 Å². The van der Waals surface area contributed by atoms with Gasteiger partial charge in [0.05, 0.1) is 5.97 Å². The molecular weight excluding hydrogens is 110 g/mol. The van der Waals surface area contributed by atoms with Gasteiger partial charge in [0, 0.05) is 6.08 Å². The van der Waals surface area contributed by atoms with Crippen molar-refractivity contribution >= 4 is 11.9 Å². The average molecular weight is 114 g/mol. The zero-order valence-corrected chi connectivity index (χ0v) is 3.96. The number of amides is 1. The van der Waals surface area contributed by atoms with Crippen LogP contribution in [0.15, 0.2) is 12.2 Å². The van der Waals surface area contributed by atoms with Crippen LogP contribution in [-0.4, -0.2) is 11.9 Å². The smallest absolute Gasteiger partial charge is 0.241 e. The molecule has 0 saturated carbocycles. The molecule has 0 spiro atoms. The van der Waals surface area contributed by atoms with Gasteiger partial charge in [-0.25, -0.2) is 0 Å². The average Bonchev–Trinajstić information content (AvgIpc) is 1.61. The van der Waals surface area contributed by atoms with Gasteiger partial charge in [0.25, 0.3) is 0 Å². The third-order valence-electron chi connectivity index (χ3n) is 0.384. The highest BCUT2D eigenvalue weighted by atomic mass is 16.4. The highest BCUT2D eigenvalue weighted by molar-refractivity contribution is 5.92. The van der Waals surface area contributed by atoms with E-state index in [1.165, 1.54) is 0 Å². The number of primary amides is 1. The number of carboxylic acids is 1. The van der Waals surface area contributed by atoms with Crippen molar-refractivity contribution in [1.29, 1.82) is 0 Å². The van der Waals surface area contributed by atoms with Crippen LogP contribution in [0, 0.1) is 0 Å². The van der Waals surface area contributed by atoms with Crippen LogP contribution in [0.4, 0.5) is 0 Å². The van der Waals surface area contributed by atoms with E-state index < -0.39 is 11.9 Å².